The molecule has 4 rings (SSSR count). The maximum absolute atomic E-state index is 12.9. The normalized spacial score (nSPS) is 23.7. The molecule has 0 radical (unpaired) electrons. The second kappa shape index (κ2) is 8.76. The van der Waals surface area contributed by atoms with Crippen molar-refractivity contribution in [2.45, 2.75) is 57.0 Å². The molecule has 0 saturated heterocycles. The summed E-state index contributed by atoms with van der Waals surface area (Å²) in [6.07, 6.45) is 8.79. The van der Waals surface area contributed by atoms with E-state index in [1.807, 2.05) is 6.07 Å². The standard InChI is InChI=1S/C22H27FN4O2/c1-29-18-9-10-19-15(11-18)3-2-4-20(19)27-21(28)14-5-7-17(8-6-14)26-22-24-12-16(23)13-25-22/h9-14,17,20H,2-8H2,1H3,(H,27,28)(H,24,25,26). The predicted molar refractivity (Wildman–Crippen MR) is 108 cm³/mol. The molecular weight excluding hydrogens is 371 g/mol. The smallest absolute Gasteiger partial charge is 0.223 e. The number of anilines is 1. The number of halogens is 1. The van der Waals surface area contributed by atoms with Crippen LogP contribution < -0.4 is 15.4 Å². The highest BCUT2D eigenvalue weighted by atomic mass is 19.1. The van der Waals surface area contributed by atoms with Crippen LogP contribution in [0.1, 0.15) is 55.7 Å². The molecule has 2 aliphatic rings. The number of fused-ring (bicyclic) bond motifs is 1. The largest absolute Gasteiger partial charge is 0.497 e. The van der Waals surface area contributed by atoms with Crippen molar-refractivity contribution in [1.29, 1.82) is 0 Å². The SMILES string of the molecule is COc1ccc2c(c1)CCCC2NC(=O)C1CCC(Nc2ncc(F)cn2)CC1. The lowest BCUT2D eigenvalue weighted by Gasteiger charge is -2.31. The molecule has 2 aliphatic carbocycles. The number of carbonyl (C=O) groups is 1. The van der Waals surface area contributed by atoms with Gasteiger partial charge in [-0.2, -0.15) is 0 Å². The molecule has 1 heterocycles. The Balaban J connectivity index is 1.31. The van der Waals surface area contributed by atoms with Gasteiger partial charge >= 0.3 is 0 Å². The van der Waals surface area contributed by atoms with Gasteiger partial charge in [0.25, 0.3) is 0 Å². The van der Waals surface area contributed by atoms with E-state index in [0.717, 1.165) is 63.1 Å². The zero-order valence-corrected chi connectivity index (χ0v) is 16.7. The molecule has 1 atom stereocenters. The first-order chi connectivity index (χ1) is 14.1. The van der Waals surface area contributed by atoms with Gasteiger partial charge in [0.15, 0.2) is 5.82 Å². The van der Waals surface area contributed by atoms with Gasteiger partial charge < -0.3 is 15.4 Å². The van der Waals surface area contributed by atoms with E-state index in [-0.39, 0.29) is 23.9 Å². The Bertz CT molecular complexity index is 850. The highest BCUT2D eigenvalue weighted by molar-refractivity contribution is 5.79. The number of aromatic nitrogens is 2. The molecule has 29 heavy (non-hydrogen) atoms. The zero-order valence-electron chi connectivity index (χ0n) is 16.7. The van der Waals surface area contributed by atoms with Crippen molar-refractivity contribution < 1.29 is 13.9 Å². The third kappa shape index (κ3) is 4.66. The van der Waals surface area contributed by atoms with Crippen molar-refractivity contribution in [3.8, 4) is 5.75 Å². The lowest BCUT2D eigenvalue weighted by molar-refractivity contribution is -0.126. The molecule has 0 bridgehead atoms. The van der Waals surface area contributed by atoms with Crippen LogP contribution in [-0.4, -0.2) is 29.0 Å². The van der Waals surface area contributed by atoms with Crippen molar-refractivity contribution >= 4 is 11.9 Å². The lowest BCUT2D eigenvalue weighted by atomic mass is 9.84. The van der Waals surface area contributed by atoms with Gasteiger partial charge in [-0.25, -0.2) is 14.4 Å². The van der Waals surface area contributed by atoms with Crippen molar-refractivity contribution in [2.75, 3.05) is 12.4 Å². The fourth-order valence-corrected chi connectivity index (χ4v) is 4.43. The summed E-state index contributed by atoms with van der Waals surface area (Å²) < 4.78 is 18.3. The number of rotatable bonds is 5. The topological polar surface area (TPSA) is 76.1 Å². The molecule has 154 valence electrons. The van der Waals surface area contributed by atoms with Crippen LogP contribution in [0.5, 0.6) is 5.75 Å². The third-order valence-corrected chi connectivity index (χ3v) is 6.03. The van der Waals surface area contributed by atoms with E-state index in [2.05, 4.69) is 32.7 Å². The Morgan fingerprint density at radius 3 is 2.62 bits per heavy atom. The summed E-state index contributed by atoms with van der Waals surface area (Å²) in [5, 5.41) is 6.53. The predicted octanol–water partition coefficient (Wildman–Crippen LogP) is 3.79. The number of nitrogens with zero attached hydrogens (tertiary/aromatic N) is 2. The van der Waals surface area contributed by atoms with Crippen LogP contribution in [0.25, 0.3) is 0 Å². The van der Waals surface area contributed by atoms with E-state index in [1.54, 1.807) is 7.11 Å². The van der Waals surface area contributed by atoms with Crippen LogP contribution in [0.15, 0.2) is 30.6 Å². The molecule has 1 aromatic carbocycles. The first kappa shape index (κ1) is 19.6. The molecule has 0 aliphatic heterocycles. The Morgan fingerprint density at radius 1 is 1.14 bits per heavy atom. The summed E-state index contributed by atoms with van der Waals surface area (Å²) in [5.74, 6) is 1.04. The lowest BCUT2D eigenvalue weighted by Crippen LogP contribution is -2.38. The third-order valence-electron chi connectivity index (χ3n) is 6.03. The molecule has 1 amide bonds. The highest BCUT2D eigenvalue weighted by Gasteiger charge is 2.29. The van der Waals surface area contributed by atoms with E-state index in [0.29, 0.717) is 5.95 Å². The molecule has 0 spiro atoms. The van der Waals surface area contributed by atoms with Crippen LogP contribution in [0.2, 0.25) is 0 Å². The Kier molecular flexibility index (Phi) is 5.92. The fraction of sp³-hybridized carbons (Fsp3) is 0.500. The van der Waals surface area contributed by atoms with Crippen molar-refractivity contribution in [1.82, 2.24) is 15.3 Å². The van der Waals surface area contributed by atoms with E-state index in [9.17, 15) is 9.18 Å². The van der Waals surface area contributed by atoms with Gasteiger partial charge in [-0.15, -0.1) is 0 Å². The fourth-order valence-electron chi connectivity index (χ4n) is 4.43. The maximum Gasteiger partial charge on any atom is 0.223 e. The van der Waals surface area contributed by atoms with Crippen LogP contribution in [0, 0.1) is 11.7 Å². The summed E-state index contributed by atoms with van der Waals surface area (Å²) in [4.78, 5) is 20.8. The van der Waals surface area contributed by atoms with Gasteiger partial charge in [-0.1, -0.05) is 6.07 Å². The summed E-state index contributed by atoms with van der Waals surface area (Å²) in [7, 11) is 1.68. The number of hydrogen-bond acceptors (Lipinski definition) is 5. The van der Waals surface area contributed by atoms with Crippen LogP contribution >= 0.6 is 0 Å². The molecule has 1 fully saturated rings. The summed E-state index contributed by atoms with van der Waals surface area (Å²) >= 11 is 0. The highest BCUT2D eigenvalue weighted by Crippen LogP contribution is 2.33. The number of amides is 1. The Hall–Kier alpha value is -2.70. The second-order valence-electron chi connectivity index (χ2n) is 7.94. The van der Waals surface area contributed by atoms with Gasteiger partial charge in [-0.3, -0.25) is 4.79 Å². The van der Waals surface area contributed by atoms with Crippen molar-refractivity contribution in [3.05, 3.63) is 47.5 Å². The molecule has 1 unspecified atom stereocenters. The van der Waals surface area contributed by atoms with Crippen LogP contribution in [-0.2, 0) is 11.2 Å². The number of hydrogen-bond donors (Lipinski definition) is 2. The van der Waals surface area contributed by atoms with Crippen LogP contribution in [0.3, 0.4) is 0 Å². The quantitative estimate of drug-likeness (QED) is 0.801. The number of aryl methyl sites for hydroxylation is 1. The monoisotopic (exact) mass is 398 g/mol. The van der Waals surface area contributed by atoms with Gasteiger partial charge in [-0.05, 0) is 68.2 Å². The second-order valence-corrected chi connectivity index (χ2v) is 7.94. The molecule has 2 N–H and O–H groups in total. The molecule has 2 aromatic rings. The first-order valence-corrected chi connectivity index (χ1v) is 10.3. The molecule has 1 aromatic heterocycles. The van der Waals surface area contributed by atoms with Crippen molar-refractivity contribution in [3.63, 3.8) is 0 Å². The van der Waals surface area contributed by atoms with E-state index in [4.69, 9.17) is 4.74 Å². The number of methoxy groups -OCH3 is 1. The van der Waals surface area contributed by atoms with Gasteiger partial charge in [0, 0.05) is 12.0 Å². The van der Waals surface area contributed by atoms with Crippen molar-refractivity contribution in [2.24, 2.45) is 5.92 Å². The molecule has 1 saturated carbocycles. The van der Waals surface area contributed by atoms with Gasteiger partial charge in [0.1, 0.15) is 5.75 Å². The number of benzene rings is 1. The maximum atomic E-state index is 12.9. The Labute approximate surface area is 170 Å². The van der Waals surface area contributed by atoms with E-state index in [1.165, 1.54) is 11.1 Å². The summed E-state index contributed by atoms with van der Waals surface area (Å²) in [6, 6.07) is 6.44. The van der Waals surface area contributed by atoms with E-state index < -0.39 is 5.82 Å². The molecule has 7 heteroatoms. The van der Waals surface area contributed by atoms with Gasteiger partial charge in [0.05, 0.1) is 25.5 Å². The average Bonchev–Trinajstić information content (AvgIpc) is 2.75. The zero-order chi connectivity index (χ0) is 20.2. The molecule has 6 nitrogen and oxygen atoms in total. The first-order valence-electron chi connectivity index (χ1n) is 10.3. The van der Waals surface area contributed by atoms with E-state index >= 15 is 0 Å². The van der Waals surface area contributed by atoms with Gasteiger partial charge in [0.2, 0.25) is 11.9 Å². The Morgan fingerprint density at radius 2 is 1.90 bits per heavy atom. The summed E-state index contributed by atoms with van der Waals surface area (Å²) in [6.45, 7) is 0. The van der Waals surface area contributed by atoms with Crippen LogP contribution in [0.4, 0.5) is 10.3 Å². The molecular formula is C22H27FN4O2. The minimum atomic E-state index is -0.446. The minimum Gasteiger partial charge on any atom is -0.497 e. The number of nitrogens with one attached hydrogen (secondary N) is 2. The average molecular weight is 398 g/mol. The minimum absolute atomic E-state index is 0.0332. The number of carbonyl (C=O) groups excluding carboxylic acids is 1. The number of ether oxygens (including phenoxy) is 1. The summed E-state index contributed by atoms with van der Waals surface area (Å²) in [5.41, 5.74) is 2.49.